The minimum Gasteiger partial charge on any atom is -0.352 e. The summed E-state index contributed by atoms with van der Waals surface area (Å²) < 4.78 is 2.60. The molecule has 5 rings (SSSR count). The van der Waals surface area contributed by atoms with Gasteiger partial charge < -0.3 is 14.8 Å². The molecule has 1 aliphatic heterocycles. The van der Waals surface area contributed by atoms with Crippen molar-refractivity contribution in [2.45, 2.75) is 70.6 Å². The van der Waals surface area contributed by atoms with E-state index >= 15 is 0 Å². The Balaban J connectivity index is 1.57. The van der Waals surface area contributed by atoms with E-state index in [4.69, 9.17) is 17.2 Å². The highest BCUT2D eigenvalue weighted by molar-refractivity contribution is 7.80. The van der Waals surface area contributed by atoms with Crippen molar-refractivity contribution in [3.8, 4) is 0 Å². The van der Waals surface area contributed by atoms with Crippen molar-refractivity contribution in [1.82, 2.24) is 19.8 Å². The predicted molar refractivity (Wildman–Crippen MR) is 133 cm³/mol. The highest BCUT2D eigenvalue weighted by atomic mass is 32.1. The van der Waals surface area contributed by atoms with Crippen LogP contribution in [0.3, 0.4) is 0 Å². The van der Waals surface area contributed by atoms with Crippen molar-refractivity contribution in [1.29, 1.82) is 0 Å². The highest BCUT2D eigenvalue weighted by Gasteiger charge is 2.41. The van der Waals surface area contributed by atoms with Crippen molar-refractivity contribution >= 4 is 17.3 Å². The lowest BCUT2D eigenvalue weighted by atomic mass is 9.94. The molecule has 1 N–H and O–H groups in total. The van der Waals surface area contributed by atoms with Crippen LogP contribution >= 0.6 is 12.2 Å². The molecule has 1 aromatic carbocycles. The number of hydrogen-bond donors (Lipinski definition) is 1. The first-order chi connectivity index (χ1) is 15.6. The summed E-state index contributed by atoms with van der Waals surface area (Å²) in [6.07, 6.45) is 8.49. The second kappa shape index (κ2) is 9.07. The Morgan fingerprint density at radius 2 is 1.75 bits per heavy atom. The molecule has 1 aliphatic carbocycles. The average Bonchev–Trinajstić information content (AvgIpc) is 3.30. The molecule has 1 saturated heterocycles. The molecule has 0 spiro atoms. The molecular formula is C27H32N4S. The number of thiocarbonyl (C=S) groups is 1. The number of benzene rings is 1. The van der Waals surface area contributed by atoms with E-state index in [2.05, 4.69) is 77.2 Å². The van der Waals surface area contributed by atoms with Gasteiger partial charge in [-0.1, -0.05) is 55.7 Å². The quantitative estimate of drug-likeness (QED) is 0.477. The van der Waals surface area contributed by atoms with Crippen LogP contribution in [-0.4, -0.2) is 19.6 Å². The molecule has 2 aliphatic rings. The molecule has 0 amide bonds. The van der Waals surface area contributed by atoms with Crippen LogP contribution in [0.1, 0.15) is 78.4 Å². The van der Waals surface area contributed by atoms with Crippen LogP contribution in [0, 0.1) is 13.8 Å². The summed E-state index contributed by atoms with van der Waals surface area (Å²) in [5.74, 6) is 0. The van der Waals surface area contributed by atoms with E-state index in [9.17, 15) is 0 Å². The molecule has 5 heteroatoms. The zero-order valence-corrected chi connectivity index (χ0v) is 19.8. The number of pyridine rings is 1. The maximum absolute atomic E-state index is 5.88. The molecule has 4 nitrogen and oxygen atoms in total. The Kier molecular flexibility index (Phi) is 6.01. The summed E-state index contributed by atoms with van der Waals surface area (Å²) in [5, 5.41) is 4.41. The van der Waals surface area contributed by atoms with Gasteiger partial charge in [0.2, 0.25) is 0 Å². The van der Waals surface area contributed by atoms with Crippen molar-refractivity contribution in [2.75, 3.05) is 0 Å². The van der Waals surface area contributed by atoms with E-state index in [-0.39, 0.29) is 12.1 Å². The Bertz CT molecular complexity index is 1070. The monoisotopic (exact) mass is 444 g/mol. The third-order valence-electron chi connectivity index (χ3n) is 7.18. The third-order valence-corrected chi connectivity index (χ3v) is 7.53. The molecule has 166 valence electrons. The van der Waals surface area contributed by atoms with Gasteiger partial charge in [0, 0.05) is 30.2 Å². The second-order valence-electron chi connectivity index (χ2n) is 9.23. The second-order valence-corrected chi connectivity index (χ2v) is 9.62. The zero-order chi connectivity index (χ0) is 22.1. The molecule has 32 heavy (non-hydrogen) atoms. The van der Waals surface area contributed by atoms with Gasteiger partial charge in [0.15, 0.2) is 5.11 Å². The SMILES string of the molecule is Cc1cc([C@@H]2[C@@H](c3ccccn3)NC(=S)N2Cc2ccccc2)c(C)n1C1CCCCC1. The number of aromatic nitrogens is 2. The number of rotatable bonds is 5. The fourth-order valence-electron chi connectivity index (χ4n) is 5.70. The van der Waals surface area contributed by atoms with Gasteiger partial charge in [-0.2, -0.15) is 0 Å². The van der Waals surface area contributed by atoms with Gasteiger partial charge in [-0.25, -0.2) is 0 Å². The van der Waals surface area contributed by atoms with Gasteiger partial charge in [-0.05, 0) is 68.2 Å². The average molecular weight is 445 g/mol. The van der Waals surface area contributed by atoms with E-state index in [1.165, 1.54) is 54.6 Å². The highest BCUT2D eigenvalue weighted by Crippen LogP contribution is 2.43. The summed E-state index contributed by atoms with van der Waals surface area (Å²) in [6.45, 7) is 5.35. The van der Waals surface area contributed by atoms with Crippen LogP contribution in [0.2, 0.25) is 0 Å². The van der Waals surface area contributed by atoms with Gasteiger partial charge in [0.25, 0.3) is 0 Å². The molecule has 0 radical (unpaired) electrons. The lowest BCUT2D eigenvalue weighted by Crippen LogP contribution is -2.29. The maximum atomic E-state index is 5.88. The van der Waals surface area contributed by atoms with E-state index in [0.29, 0.717) is 6.04 Å². The van der Waals surface area contributed by atoms with Gasteiger partial charge in [0.1, 0.15) is 0 Å². The molecule has 0 unspecified atom stereocenters. The lowest BCUT2D eigenvalue weighted by Gasteiger charge is -2.30. The van der Waals surface area contributed by atoms with Crippen LogP contribution in [0.15, 0.2) is 60.8 Å². The first-order valence-electron chi connectivity index (χ1n) is 11.8. The van der Waals surface area contributed by atoms with Gasteiger partial charge in [-0.3, -0.25) is 4.98 Å². The molecular weight excluding hydrogens is 412 g/mol. The van der Waals surface area contributed by atoms with Crippen molar-refractivity contribution in [2.24, 2.45) is 0 Å². The van der Waals surface area contributed by atoms with Gasteiger partial charge in [-0.15, -0.1) is 0 Å². The maximum Gasteiger partial charge on any atom is 0.170 e. The fraction of sp³-hybridized carbons (Fsp3) is 0.407. The minimum atomic E-state index is 0.0349. The normalized spacial score (nSPS) is 21.7. The van der Waals surface area contributed by atoms with E-state index in [0.717, 1.165) is 17.4 Å². The third kappa shape index (κ3) is 3.95. The molecule has 1 saturated carbocycles. The largest absolute Gasteiger partial charge is 0.352 e. The van der Waals surface area contributed by atoms with Crippen LogP contribution in [0.25, 0.3) is 0 Å². The van der Waals surface area contributed by atoms with Crippen molar-refractivity contribution < 1.29 is 0 Å². The molecule has 3 heterocycles. The summed E-state index contributed by atoms with van der Waals surface area (Å²) in [7, 11) is 0. The van der Waals surface area contributed by atoms with Crippen LogP contribution < -0.4 is 5.32 Å². The van der Waals surface area contributed by atoms with Crippen LogP contribution in [0.4, 0.5) is 0 Å². The molecule has 0 bridgehead atoms. The summed E-state index contributed by atoms with van der Waals surface area (Å²) in [5.41, 5.74) is 6.42. The molecule has 2 fully saturated rings. The molecule has 2 atom stereocenters. The Morgan fingerprint density at radius 1 is 1.00 bits per heavy atom. The van der Waals surface area contributed by atoms with Crippen LogP contribution in [0.5, 0.6) is 0 Å². The smallest absolute Gasteiger partial charge is 0.170 e. The number of nitrogens with one attached hydrogen (secondary N) is 1. The fourth-order valence-corrected chi connectivity index (χ4v) is 6.00. The summed E-state index contributed by atoms with van der Waals surface area (Å²) in [4.78, 5) is 7.06. The Hall–Kier alpha value is -2.66. The summed E-state index contributed by atoms with van der Waals surface area (Å²) >= 11 is 5.88. The summed E-state index contributed by atoms with van der Waals surface area (Å²) in [6, 6.07) is 19.9. The van der Waals surface area contributed by atoms with Gasteiger partial charge >= 0.3 is 0 Å². The standard InChI is InChI=1S/C27H32N4S/c1-19-17-23(20(2)31(19)22-13-7-4-8-14-22)26-25(24-15-9-10-16-28-24)29-27(32)30(26)18-21-11-5-3-6-12-21/h3,5-6,9-12,15-17,22,25-26H,4,7-8,13-14,18H2,1-2H3,(H,29,32)/t25-,26-/m1/s1. The molecule has 3 aromatic rings. The van der Waals surface area contributed by atoms with E-state index in [1.54, 1.807) is 0 Å². The van der Waals surface area contributed by atoms with E-state index in [1.807, 2.05) is 12.3 Å². The first-order valence-corrected chi connectivity index (χ1v) is 12.2. The zero-order valence-electron chi connectivity index (χ0n) is 19.0. The topological polar surface area (TPSA) is 33.1 Å². The van der Waals surface area contributed by atoms with Crippen molar-refractivity contribution in [3.05, 3.63) is 89.0 Å². The first kappa shape index (κ1) is 21.2. The number of aryl methyl sites for hydroxylation is 1. The Morgan fingerprint density at radius 3 is 2.47 bits per heavy atom. The van der Waals surface area contributed by atoms with Crippen LogP contribution in [-0.2, 0) is 6.54 Å². The molecule has 2 aromatic heterocycles. The van der Waals surface area contributed by atoms with Gasteiger partial charge in [0.05, 0.1) is 17.8 Å². The number of hydrogen-bond acceptors (Lipinski definition) is 2. The van der Waals surface area contributed by atoms with E-state index < -0.39 is 0 Å². The number of nitrogens with zero attached hydrogens (tertiary/aromatic N) is 3. The lowest BCUT2D eigenvalue weighted by molar-refractivity contribution is 0.306. The predicted octanol–water partition coefficient (Wildman–Crippen LogP) is 6.18. The minimum absolute atomic E-state index is 0.0349. The Labute approximate surface area is 196 Å². The van der Waals surface area contributed by atoms with Crippen molar-refractivity contribution in [3.63, 3.8) is 0 Å².